The number of hydrogen-bond donors (Lipinski definition) is 1. The molecule has 0 saturated heterocycles. The van der Waals surface area contributed by atoms with Crippen molar-refractivity contribution in [1.29, 1.82) is 0 Å². The Morgan fingerprint density at radius 1 is 1.25 bits per heavy atom. The Morgan fingerprint density at radius 3 is 2.54 bits per heavy atom. The molecule has 1 heterocycles. The number of anilines is 1. The summed E-state index contributed by atoms with van der Waals surface area (Å²) in [7, 11) is 1.43. The Hall–Kier alpha value is -2.44. The van der Waals surface area contributed by atoms with Gasteiger partial charge in [0.1, 0.15) is 11.9 Å². The van der Waals surface area contributed by atoms with Gasteiger partial charge in [0.2, 0.25) is 5.91 Å². The minimum atomic E-state index is -0.838. The number of rotatable bonds is 4. The van der Waals surface area contributed by atoms with E-state index < -0.39 is 23.7 Å². The lowest BCUT2D eigenvalue weighted by atomic mass is 9.99. The molecule has 1 aliphatic rings. The molecular formula is C17H21FN2O4. The average Bonchev–Trinajstić information content (AvgIpc) is 2.51. The molecule has 7 heteroatoms. The van der Waals surface area contributed by atoms with Crippen LogP contribution in [-0.4, -0.2) is 41.9 Å². The zero-order valence-corrected chi connectivity index (χ0v) is 14.2. The van der Waals surface area contributed by atoms with Crippen molar-refractivity contribution >= 4 is 23.5 Å². The summed E-state index contributed by atoms with van der Waals surface area (Å²) >= 11 is 0. The van der Waals surface area contributed by atoms with Crippen molar-refractivity contribution in [3.63, 3.8) is 0 Å². The number of nitrogens with one attached hydrogen (secondary N) is 1. The summed E-state index contributed by atoms with van der Waals surface area (Å²) in [5, 5.41) is 2.58. The number of benzene rings is 1. The van der Waals surface area contributed by atoms with Crippen LogP contribution in [0.4, 0.5) is 10.1 Å². The summed E-state index contributed by atoms with van der Waals surface area (Å²) in [6, 6.07) is 1.74. The van der Waals surface area contributed by atoms with Crippen LogP contribution in [0, 0.1) is 5.82 Å². The zero-order chi connectivity index (χ0) is 18.0. The molecule has 130 valence electrons. The highest BCUT2D eigenvalue weighted by atomic mass is 19.1. The Morgan fingerprint density at radius 2 is 1.92 bits per heavy atom. The van der Waals surface area contributed by atoms with Gasteiger partial charge < -0.3 is 15.0 Å². The van der Waals surface area contributed by atoms with Crippen LogP contribution in [0.25, 0.3) is 0 Å². The number of carbonyl (C=O) groups is 3. The molecule has 0 fully saturated rings. The minimum Gasteiger partial charge on any atom is -0.461 e. The predicted octanol–water partition coefficient (Wildman–Crippen LogP) is 2.12. The summed E-state index contributed by atoms with van der Waals surface area (Å²) < 4.78 is 19.4. The normalized spacial score (nSPS) is 14.7. The van der Waals surface area contributed by atoms with Crippen LogP contribution >= 0.6 is 0 Å². The van der Waals surface area contributed by atoms with Gasteiger partial charge in [0.25, 0.3) is 5.91 Å². The topological polar surface area (TPSA) is 75.7 Å². The van der Waals surface area contributed by atoms with Gasteiger partial charge in [-0.1, -0.05) is 0 Å². The van der Waals surface area contributed by atoms with Gasteiger partial charge in [-0.3, -0.25) is 9.59 Å². The van der Waals surface area contributed by atoms with Gasteiger partial charge in [-0.2, -0.15) is 0 Å². The second-order valence-corrected chi connectivity index (χ2v) is 6.12. The van der Waals surface area contributed by atoms with E-state index in [-0.39, 0.29) is 17.6 Å². The van der Waals surface area contributed by atoms with Gasteiger partial charge >= 0.3 is 5.97 Å². The molecule has 2 amide bonds. The van der Waals surface area contributed by atoms with Crippen LogP contribution in [0.3, 0.4) is 0 Å². The number of aryl methyl sites for hydroxylation is 1. The van der Waals surface area contributed by atoms with Crippen LogP contribution in [0.2, 0.25) is 0 Å². The van der Waals surface area contributed by atoms with Crippen molar-refractivity contribution in [2.45, 2.75) is 45.8 Å². The third kappa shape index (κ3) is 3.72. The quantitative estimate of drug-likeness (QED) is 0.855. The maximum atomic E-state index is 14.3. The second kappa shape index (κ2) is 6.98. The third-order valence-corrected chi connectivity index (χ3v) is 3.91. The molecule has 0 aromatic heterocycles. The second-order valence-electron chi connectivity index (χ2n) is 6.12. The molecule has 0 saturated carbocycles. The lowest BCUT2D eigenvalue weighted by Gasteiger charge is -2.25. The van der Waals surface area contributed by atoms with E-state index in [0.29, 0.717) is 24.1 Å². The van der Waals surface area contributed by atoms with Gasteiger partial charge in [-0.15, -0.1) is 0 Å². The Labute approximate surface area is 140 Å². The largest absolute Gasteiger partial charge is 0.461 e. The van der Waals surface area contributed by atoms with Crippen LogP contribution < -0.4 is 5.32 Å². The van der Waals surface area contributed by atoms with Gasteiger partial charge in [-0.05, 0) is 44.9 Å². The maximum absolute atomic E-state index is 14.3. The Kier molecular flexibility index (Phi) is 5.21. The Bertz CT molecular complexity index is 687. The first-order chi connectivity index (χ1) is 11.2. The summed E-state index contributed by atoms with van der Waals surface area (Å²) in [5.41, 5.74) is 0.956. The van der Waals surface area contributed by atoms with Crippen molar-refractivity contribution < 1.29 is 23.5 Å². The third-order valence-electron chi connectivity index (χ3n) is 3.91. The molecule has 0 spiro atoms. The monoisotopic (exact) mass is 336 g/mol. The van der Waals surface area contributed by atoms with Crippen molar-refractivity contribution in [1.82, 2.24) is 4.90 Å². The van der Waals surface area contributed by atoms with Gasteiger partial charge in [0.05, 0.1) is 11.7 Å². The molecule has 1 aromatic carbocycles. The first-order valence-corrected chi connectivity index (χ1v) is 7.80. The highest BCUT2D eigenvalue weighted by molar-refractivity contribution is 5.99. The van der Waals surface area contributed by atoms with E-state index in [2.05, 4.69) is 5.32 Å². The number of nitrogens with zero attached hydrogens (tertiary/aromatic N) is 1. The van der Waals surface area contributed by atoms with Gasteiger partial charge in [0.15, 0.2) is 0 Å². The molecule has 0 radical (unpaired) electrons. The number of fused-ring (bicyclic) bond motifs is 1. The fourth-order valence-electron chi connectivity index (χ4n) is 2.42. The molecule has 24 heavy (non-hydrogen) atoms. The number of hydrogen-bond acceptors (Lipinski definition) is 4. The van der Waals surface area contributed by atoms with Gasteiger partial charge in [0, 0.05) is 19.2 Å². The fraction of sp³-hybridized carbons (Fsp3) is 0.471. The van der Waals surface area contributed by atoms with E-state index in [9.17, 15) is 18.8 Å². The maximum Gasteiger partial charge on any atom is 0.328 e. The lowest BCUT2D eigenvalue weighted by molar-refractivity contribution is -0.151. The van der Waals surface area contributed by atoms with E-state index in [4.69, 9.17) is 4.74 Å². The molecule has 1 aliphatic heterocycles. The number of ether oxygens (including phenoxy) is 1. The molecular weight excluding hydrogens is 315 g/mol. The molecule has 0 aliphatic carbocycles. The molecule has 1 atom stereocenters. The highest BCUT2D eigenvalue weighted by Crippen LogP contribution is 2.26. The number of esters is 1. The van der Waals surface area contributed by atoms with E-state index >= 15 is 0 Å². The van der Waals surface area contributed by atoms with Crippen LogP contribution in [-0.2, 0) is 20.7 Å². The smallest absolute Gasteiger partial charge is 0.328 e. The lowest BCUT2D eigenvalue weighted by Crippen LogP contribution is -2.42. The number of carbonyl (C=O) groups excluding carboxylic acids is 3. The fourth-order valence-corrected chi connectivity index (χ4v) is 2.42. The molecule has 0 unspecified atom stereocenters. The van der Waals surface area contributed by atoms with Crippen molar-refractivity contribution in [3.8, 4) is 0 Å². The van der Waals surface area contributed by atoms with Crippen LogP contribution in [0.1, 0.15) is 43.1 Å². The standard InChI is InChI=1S/C17H21FN2O4/c1-9(2)24-17(23)10(3)20(4)16(22)12-7-11-5-6-15(21)19-14(11)8-13(12)18/h7-10H,5-6H2,1-4H3,(H,19,21)/t10-/m1/s1. The van der Waals surface area contributed by atoms with E-state index in [0.717, 1.165) is 11.0 Å². The molecule has 1 N–H and O–H groups in total. The summed E-state index contributed by atoms with van der Waals surface area (Å²) in [4.78, 5) is 37.0. The predicted molar refractivity (Wildman–Crippen MR) is 86.1 cm³/mol. The first kappa shape index (κ1) is 17.9. The van der Waals surface area contributed by atoms with E-state index in [1.807, 2.05) is 0 Å². The number of likely N-dealkylation sites (N-methyl/N-ethyl adjacent to an activating group) is 1. The number of halogens is 1. The molecule has 1 aromatic rings. The highest BCUT2D eigenvalue weighted by Gasteiger charge is 2.28. The molecule has 6 nitrogen and oxygen atoms in total. The summed E-state index contributed by atoms with van der Waals surface area (Å²) in [5.74, 6) is -2.08. The minimum absolute atomic E-state index is 0.128. The molecule has 2 rings (SSSR count). The SMILES string of the molecule is CC(C)OC(=O)[C@@H](C)N(C)C(=O)c1cc2c(cc1F)NC(=O)CC2. The van der Waals surface area contributed by atoms with Crippen molar-refractivity contribution in [2.24, 2.45) is 0 Å². The van der Waals surface area contributed by atoms with E-state index in [1.54, 1.807) is 13.8 Å². The molecule has 0 bridgehead atoms. The summed E-state index contributed by atoms with van der Waals surface area (Å²) in [6.45, 7) is 4.95. The zero-order valence-electron chi connectivity index (χ0n) is 14.2. The Balaban J connectivity index is 2.23. The number of amides is 2. The van der Waals surface area contributed by atoms with E-state index in [1.165, 1.54) is 20.0 Å². The van der Waals surface area contributed by atoms with Crippen molar-refractivity contribution in [3.05, 3.63) is 29.1 Å². The van der Waals surface area contributed by atoms with Crippen LogP contribution in [0.5, 0.6) is 0 Å². The van der Waals surface area contributed by atoms with Crippen molar-refractivity contribution in [2.75, 3.05) is 12.4 Å². The summed E-state index contributed by atoms with van der Waals surface area (Å²) in [6.07, 6.45) is 0.433. The first-order valence-electron chi connectivity index (χ1n) is 7.80. The van der Waals surface area contributed by atoms with Gasteiger partial charge in [-0.25, -0.2) is 9.18 Å². The average molecular weight is 336 g/mol. The van der Waals surface area contributed by atoms with Crippen LogP contribution in [0.15, 0.2) is 12.1 Å².